The van der Waals surface area contributed by atoms with Crippen LogP contribution in [0, 0.1) is 18.8 Å². The van der Waals surface area contributed by atoms with Crippen LogP contribution in [0.5, 0.6) is 0 Å². The summed E-state index contributed by atoms with van der Waals surface area (Å²) in [4.78, 5) is 20.5. The number of anilines is 1. The lowest BCUT2D eigenvalue weighted by molar-refractivity contribution is 0.549. The number of halogens is 1. The van der Waals surface area contributed by atoms with Crippen molar-refractivity contribution in [3.05, 3.63) is 45.8 Å². The van der Waals surface area contributed by atoms with Gasteiger partial charge in [0.15, 0.2) is 5.65 Å². The fourth-order valence-corrected chi connectivity index (χ4v) is 6.24. The standard InChI is InChI=1S/C20H19ClN8S/c1-10-8-30-19(25-10)20(9-22)12-6-29(7-13(12)20)15-5-24-17-16(27-28-18(17)26-15)11-2-3-23-4-14(11)21/h2-5,8,12-13H,6-7,9,22H2,1H3,(H,26,27,28)/t12-,13+,20-. The third-order valence-electron chi connectivity index (χ3n) is 6.50. The molecule has 3 atom stereocenters. The number of aryl methyl sites for hydroxylation is 1. The molecule has 5 heterocycles. The minimum atomic E-state index is 0.0339. The van der Waals surface area contributed by atoms with Gasteiger partial charge >= 0.3 is 0 Å². The summed E-state index contributed by atoms with van der Waals surface area (Å²) in [6.45, 7) is 4.51. The molecule has 8 nitrogen and oxygen atoms in total. The van der Waals surface area contributed by atoms with Crippen LogP contribution in [0.15, 0.2) is 30.0 Å². The number of rotatable bonds is 4. The number of thiazole rings is 1. The van der Waals surface area contributed by atoms with Crippen LogP contribution in [0.4, 0.5) is 5.82 Å². The predicted octanol–water partition coefficient (Wildman–Crippen LogP) is 2.80. The molecule has 152 valence electrons. The van der Waals surface area contributed by atoms with Crippen LogP contribution in [0.1, 0.15) is 10.7 Å². The van der Waals surface area contributed by atoms with E-state index in [9.17, 15) is 0 Å². The molecule has 1 aliphatic heterocycles. The summed E-state index contributed by atoms with van der Waals surface area (Å²) in [6, 6.07) is 1.83. The van der Waals surface area contributed by atoms with Gasteiger partial charge in [-0.05, 0) is 24.8 Å². The molecule has 3 N–H and O–H groups in total. The van der Waals surface area contributed by atoms with E-state index in [4.69, 9.17) is 27.3 Å². The molecule has 0 amide bonds. The van der Waals surface area contributed by atoms with Gasteiger partial charge in [0, 0.05) is 54.1 Å². The normalized spacial score (nSPS) is 25.1. The average molecular weight is 439 g/mol. The summed E-state index contributed by atoms with van der Waals surface area (Å²) in [6.07, 6.45) is 5.11. The van der Waals surface area contributed by atoms with Crippen molar-refractivity contribution in [3.8, 4) is 11.3 Å². The summed E-state index contributed by atoms with van der Waals surface area (Å²) in [7, 11) is 0. The number of pyridine rings is 1. The van der Waals surface area contributed by atoms with E-state index in [-0.39, 0.29) is 5.41 Å². The first-order valence-electron chi connectivity index (χ1n) is 9.80. The smallest absolute Gasteiger partial charge is 0.177 e. The summed E-state index contributed by atoms with van der Waals surface area (Å²) < 4.78 is 0. The molecule has 6 rings (SSSR count). The van der Waals surface area contributed by atoms with Crippen molar-refractivity contribution in [2.45, 2.75) is 12.3 Å². The van der Waals surface area contributed by atoms with Crippen molar-refractivity contribution < 1.29 is 0 Å². The van der Waals surface area contributed by atoms with Crippen LogP contribution in [-0.2, 0) is 5.41 Å². The molecule has 1 aliphatic carbocycles. The van der Waals surface area contributed by atoms with Crippen molar-refractivity contribution in [1.29, 1.82) is 0 Å². The van der Waals surface area contributed by atoms with Crippen LogP contribution in [-0.4, -0.2) is 49.8 Å². The highest BCUT2D eigenvalue weighted by Gasteiger charge is 2.69. The van der Waals surface area contributed by atoms with Gasteiger partial charge in [-0.1, -0.05) is 11.6 Å². The number of hydrogen-bond donors (Lipinski definition) is 2. The molecule has 2 fully saturated rings. The Bertz CT molecular complexity index is 1250. The molecular weight excluding hydrogens is 420 g/mol. The second-order valence-corrected chi connectivity index (χ2v) is 9.27. The van der Waals surface area contributed by atoms with E-state index < -0.39 is 0 Å². The van der Waals surface area contributed by atoms with Gasteiger partial charge in [-0.2, -0.15) is 5.10 Å². The second-order valence-electron chi connectivity index (χ2n) is 8.01. The lowest BCUT2D eigenvalue weighted by atomic mass is 10.0. The Morgan fingerprint density at radius 1 is 1.30 bits per heavy atom. The molecular formula is C20H19ClN8S. The summed E-state index contributed by atoms with van der Waals surface area (Å²) in [5.74, 6) is 1.88. The number of nitrogens with zero attached hydrogens (tertiary/aromatic N) is 6. The third-order valence-corrected chi connectivity index (χ3v) is 7.95. The minimum Gasteiger partial charge on any atom is -0.355 e. The molecule has 0 spiro atoms. The van der Waals surface area contributed by atoms with Crippen molar-refractivity contribution in [2.24, 2.45) is 17.6 Å². The van der Waals surface area contributed by atoms with Crippen molar-refractivity contribution >= 4 is 39.9 Å². The molecule has 0 bridgehead atoms. The topological polar surface area (TPSA) is 110 Å². The molecule has 4 aromatic rings. The lowest BCUT2D eigenvalue weighted by Gasteiger charge is -2.25. The average Bonchev–Trinajstić information content (AvgIpc) is 3.25. The SMILES string of the molecule is Cc1csc([C@]2(CN)[C@@H]3CN(c4cnc5c(-c6ccncc6Cl)n[nH]c5n4)C[C@@H]32)n1. The molecule has 1 saturated heterocycles. The van der Waals surface area contributed by atoms with E-state index in [2.05, 4.69) is 30.4 Å². The Hall–Kier alpha value is -2.62. The highest BCUT2D eigenvalue weighted by atomic mass is 35.5. The Labute approximate surface area is 181 Å². The summed E-state index contributed by atoms with van der Waals surface area (Å²) >= 11 is 8.01. The van der Waals surface area contributed by atoms with Gasteiger partial charge in [-0.25, -0.2) is 15.0 Å². The van der Waals surface area contributed by atoms with E-state index >= 15 is 0 Å². The van der Waals surface area contributed by atoms with E-state index in [1.807, 2.05) is 19.2 Å². The maximum atomic E-state index is 6.28. The van der Waals surface area contributed by atoms with Gasteiger partial charge in [-0.3, -0.25) is 10.1 Å². The second kappa shape index (κ2) is 6.44. The lowest BCUT2D eigenvalue weighted by Crippen LogP contribution is -2.35. The minimum absolute atomic E-state index is 0.0339. The Morgan fingerprint density at radius 2 is 2.13 bits per heavy atom. The van der Waals surface area contributed by atoms with Crippen LogP contribution in [0.25, 0.3) is 22.4 Å². The largest absolute Gasteiger partial charge is 0.355 e. The van der Waals surface area contributed by atoms with Gasteiger partial charge in [0.1, 0.15) is 22.0 Å². The molecule has 4 aromatic heterocycles. The van der Waals surface area contributed by atoms with Crippen molar-refractivity contribution in [3.63, 3.8) is 0 Å². The number of nitrogens with two attached hydrogens (primary N) is 1. The van der Waals surface area contributed by atoms with Gasteiger partial charge < -0.3 is 10.6 Å². The number of hydrogen-bond acceptors (Lipinski definition) is 8. The first kappa shape index (κ1) is 18.2. The van der Waals surface area contributed by atoms with Gasteiger partial charge in [0.2, 0.25) is 0 Å². The zero-order valence-electron chi connectivity index (χ0n) is 16.2. The first-order chi connectivity index (χ1) is 14.6. The van der Waals surface area contributed by atoms with E-state index in [1.165, 1.54) is 5.01 Å². The first-order valence-corrected chi connectivity index (χ1v) is 11.1. The zero-order valence-corrected chi connectivity index (χ0v) is 17.8. The van der Waals surface area contributed by atoms with Gasteiger partial charge in [-0.15, -0.1) is 11.3 Å². The highest BCUT2D eigenvalue weighted by molar-refractivity contribution is 7.09. The fourth-order valence-electron chi connectivity index (χ4n) is 4.90. The van der Waals surface area contributed by atoms with E-state index in [0.29, 0.717) is 40.3 Å². The van der Waals surface area contributed by atoms with Gasteiger partial charge in [0.05, 0.1) is 11.2 Å². The summed E-state index contributed by atoms with van der Waals surface area (Å²) in [5.41, 5.74) is 10.1. The molecule has 10 heteroatoms. The Morgan fingerprint density at radius 3 is 2.83 bits per heavy atom. The number of H-pyrrole nitrogens is 1. The molecule has 30 heavy (non-hydrogen) atoms. The molecule has 2 aliphatic rings. The van der Waals surface area contributed by atoms with E-state index in [0.717, 1.165) is 30.2 Å². The molecule has 0 radical (unpaired) electrons. The molecule has 0 unspecified atom stereocenters. The Balaban J connectivity index is 1.27. The predicted molar refractivity (Wildman–Crippen MR) is 117 cm³/mol. The molecule has 0 aromatic carbocycles. The number of piperidine rings is 1. The van der Waals surface area contributed by atoms with Crippen LogP contribution in [0.3, 0.4) is 0 Å². The highest BCUT2D eigenvalue weighted by Crippen LogP contribution is 2.63. The van der Waals surface area contributed by atoms with Crippen LogP contribution >= 0.6 is 22.9 Å². The number of aromatic amines is 1. The third kappa shape index (κ3) is 2.46. The zero-order chi connectivity index (χ0) is 20.5. The van der Waals surface area contributed by atoms with Crippen molar-refractivity contribution in [1.82, 2.24) is 30.1 Å². The van der Waals surface area contributed by atoms with Crippen LogP contribution < -0.4 is 10.6 Å². The quantitative estimate of drug-likeness (QED) is 0.504. The number of aromatic nitrogens is 6. The maximum Gasteiger partial charge on any atom is 0.177 e. The molecule has 1 saturated carbocycles. The fraction of sp³-hybridized carbons (Fsp3) is 0.350. The number of nitrogens with one attached hydrogen (secondary N) is 1. The monoisotopic (exact) mass is 438 g/mol. The van der Waals surface area contributed by atoms with Gasteiger partial charge in [0.25, 0.3) is 0 Å². The summed E-state index contributed by atoms with van der Waals surface area (Å²) in [5, 5.41) is 11.2. The number of fused-ring (bicyclic) bond motifs is 2. The maximum absolute atomic E-state index is 6.28. The van der Waals surface area contributed by atoms with Crippen LogP contribution in [0.2, 0.25) is 5.02 Å². The van der Waals surface area contributed by atoms with Crippen molar-refractivity contribution in [2.75, 3.05) is 24.5 Å². The Kier molecular flexibility index (Phi) is 3.90. The van der Waals surface area contributed by atoms with E-state index in [1.54, 1.807) is 23.7 Å².